The van der Waals surface area contributed by atoms with Crippen molar-refractivity contribution < 1.29 is 5.11 Å². The Bertz CT molecular complexity index is 675. The minimum Gasteiger partial charge on any atom is -0.393 e. The third-order valence-corrected chi connectivity index (χ3v) is 4.03. The summed E-state index contributed by atoms with van der Waals surface area (Å²) in [7, 11) is 0. The molecule has 1 fully saturated rings. The Balaban J connectivity index is 1.72. The Morgan fingerprint density at radius 3 is 2.77 bits per heavy atom. The molecule has 1 aliphatic heterocycles. The predicted octanol–water partition coefficient (Wildman–Crippen LogP) is 1.95. The summed E-state index contributed by atoms with van der Waals surface area (Å²) in [4.78, 5) is 16.3. The molecular formula is C17H21N3O2. The van der Waals surface area contributed by atoms with Gasteiger partial charge in [0.15, 0.2) is 0 Å². The van der Waals surface area contributed by atoms with Crippen LogP contribution in [0.2, 0.25) is 0 Å². The fourth-order valence-electron chi connectivity index (χ4n) is 2.80. The van der Waals surface area contributed by atoms with E-state index in [9.17, 15) is 9.90 Å². The van der Waals surface area contributed by atoms with Crippen LogP contribution >= 0.6 is 0 Å². The summed E-state index contributed by atoms with van der Waals surface area (Å²) < 4.78 is 0. The number of nitrogens with zero attached hydrogens (tertiary/aromatic N) is 1. The van der Waals surface area contributed by atoms with E-state index in [-0.39, 0.29) is 11.7 Å². The molecule has 1 aromatic heterocycles. The average molecular weight is 299 g/mol. The zero-order valence-electron chi connectivity index (χ0n) is 12.5. The van der Waals surface area contributed by atoms with Gasteiger partial charge >= 0.3 is 0 Å². The number of anilines is 2. The Labute approximate surface area is 129 Å². The van der Waals surface area contributed by atoms with Crippen LogP contribution in [0.4, 0.5) is 11.4 Å². The van der Waals surface area contributed by atoms with Crippen LogP contribution in [0.15, 0.2) is 47.4 Å². The normalized spacial score (nSPS) is 15.8. The van der Waals surface area contributed by atoms with Crippen LogP contribution in [0, 0.1) is 0 Å². The van der Waals surface area contributed by atoms with Crippen LogP contribution in [0.3, 0.4) is 0 Å². The third-order valence-electron chi connectivity index (χ3n) is 4.03. The lowest BCUT2D eigenvalue weighted by atomic mass is 10.1. The van der Waals surface area contributed by atoms with Crippen molar-refractivity contribution in [2.45, 2.75) is 25.5 Å². The summed E-state index contributed by atoms with van der Waals surface area (Å²) in [5.41, 5.74) is 3.07. The Hall–Kier alpha value is -2.27. The average Bonchev–Trinajstić information content (AvgIpc) is 2.54. The molecule has 0 radical (unpaired) electrons. The molecule has 3 rings (SSSR count). The van der Waals surface area contributed by atoms with E-state index in [0.29, 0.717) is 6.54 Å². The van der Waals surface area contributed by atoms with E-state index < -0.39 is 0 Å². The number of aliphatic hydroxyl groups is 1. The van der Waals surface area contributed by atoms with Crippen LogP contribution in [0.25, 0.3) is 0 Å². The Morgan fingerprint density at radius 2 is 2.00 bits per heavy atom. The molecule has 116 valence electrons. The van der Waals surface area contributed by atoms with Crippen molar-refractivity contribution >= 4 is 11.4 Å². The van der Waals surface area contributed by atoms with E-state index in [4.69, 9.17) is 0 Å². The van der Waals surface area contributed by atoms with Gasteiger partial charge < -0.3 is 20.3 Å². The number of para-hydroxylation sites is 2. The lowest BCUT2D eigenvalue weighted by Gasteiger charge is -2.33. The summed E-state index contributed by atoms with van der Waals surface area (Å²) in [5.74, 6) is 0. The molecule has 1 aromatic carbocycles. The molecule has 2 heterocycles. The molecule has 3 N–H and O–H groups in total. The fourth-order valence-corrected chi connectivity index (χ4v) is 2.80. The summed E-state index contributed by atoms with van der Waals surface area (Å²) >= 11 is 0. The van der Waals surface area contributed by atoms with Crippen LogP contribution in [-0.4, -0.2) is 29.3 Å². The van der Waals surface area contributed by atoms with Crippen LogP contribution in [0.5, 0.6) is 0 Å². The number of H-pyrrole nitrogens is 1. The van der Waals surface area contributed by atoms with E-state index in [1.165, 1.54) is 0 Å². The minimum absolute atomic E-state index is 0.0856. The van der Waals surface area contributed by atoms with Crippen LogP contribution < -0.4 is 15.8 Å². The molecule has 0 bridgehead atoms. The van der Waals surface area contributed by atoms with Crippen LogP contribution in [0.1, 0.15) is 18.4 Å². The molecule has 5 heteroatoms. The van der Waals surface area contributed by atoms with Gasteiger partial charge in [0.25, 0.3) is 0 Å². The first-order chi connectivity index (χ1) is 10.7. The SMILES string of the molecule is O=c1cc(CNc2ccccc2N2CCC(O)CC2)cc[nH]1. The number of aliphatic hydroxyl groups excluding tert-OH is 1. The zero-order valence-corrected chi connectivity index (χ0v) is 12.5. The second kappa shape index (κ2) is 6.66. The highest BCUT2D eigenvalue weighted by molar-refractivity contribution is 5.70. The van der Waals surface area contributed by atoms with Crippen molar-refractivity contribution in [3.63, 3.8) is 0 Å². The highest BCUT2D eigenvalue weighted by Crippen LogP contribution is 2.28. The maximum atomic E-state index is 11.3. The Kier molecular flexibility index (Phi) is 4.44. The fraction of sp³-hybridized carbons (Fsp3) is 0.353. The van der Waals surface area contributed by atoms with Gasteiger partial charge in [-0.3, -0.25) is 4.79 Å². The maximum Gasteiger partial charge on any atom is 0.248 e. The highest BCUT2D eigenvalue weighted by atomic mass is 16.3. The first-order valence-electron chi connectivity index (χ1n) is 7.66. The van der Waals surface area contributed by atoms with Crippen molar-refractivity contribution in [3.8, 4) is 0 Å². The van der Waals surface area contributed by atoms with Crippen molar-refractivity contribution in [3.05, 3.63) is 58.5 Å². The molecule has 1 aliphatic rings. The number of nitrogens with one attached hydrogen (secondary N) is 2. The van der Waals surface area contributed by atoms with Gasteiger partial charge in [-0.05, 0) is 36.6 Å². The standard InChI is InChI=1S/C17H21N3O2/c21-14-6-9-20(10-7-14)16-4-2-1-3-15(16)19-12-13-5-8-18-17(22)11-13/h1-5,8,11,14,19,21H,6-7,9-10,12H2,(H,18,22). The van der Waals surface area contributed by atoms with Crippen molar-refractivity contribution in [2.75, 3.05) is 23.3 Å². The lowest BCUT2D eigenvalue weighted by Crippen LogP contribution is -2.36. The zero-order chi connectivity index (χ0) is 15.4. The molecule has 0 saturated carbocycles. The van der Waals surface area contributed by atoms with Gasteiger partial charge in [0.2, 0.25) is 5.56 Å². The smallest absolute Gasteiger partial charge is 0.248 e. The molecule has 0 amide bonds. The number of piperidine rings is 1. The first kappa shape index (κ1) is 14.7. The predicted molar refractivity (Wildman–Crippen MR) is 88.3 cm³/mol. The van der Waals surface area contributed by atoms with Crippen LogP contribution in [-0.2, 0) is 6.54 Å². The quantitative estimate of drug-likeness (QED) is 0.807. The van der Waals surface area contributed by atoms with Gasteiger partial charge in [-0.25, -0.2) is 0 Å². The molecule has 0 spiro atoms. The van der Waals surface area contributed by atoms with Crippen molar-refractivity contribution in [2.24, 2.45) is 0 Å². The van der Waals surface area contributed by atoms with Crippen molar-refractivity contribution in [1.29, 1.82) is 0 Å². The minimum atomic E-state index is -0.174. The summed E-state index contributed by atoms with van der Waals surface area (Å²) in [6, 6.07) is 11.7. The van der Waals surface area contributed by atoms with E-state index in [0.717, 1.165) is 42.9 Å². The molecule has 1 saturated heterocycles. The molecular weight excluding hydrogens is 278 g/mol. The topological polar surface area (TPSA) is 68.4 Å². The van der Waals surface area contributed by atoms with E-state index in [2.05, 4.69) is 21.3 Å². The van der Waals surface area contributed by atoms with Gasteiger partial charge in [-0.1, -0.05) is 12.1 Å². The molecule has 0 aliphatic carbocycles. The van der Waals surface area contributed by atoms with Gasteiger partial charge in [0, 0.05) is 31.9 Å². The summed E-state index contributed by atoms with van der Waals surface area (Å²) in [6.07, 6.45) is 3.11. The number of aromatic amines is 1. The highest BCUT2D eigenvalue weighted by Gasteiger charge is 2.18. The Morgan fingerprint density at radius 1 is 1.23 bits per heavy atom. The maximum absolute atomic E-state index is 11.3. The molecule has 2 aromatic rings. The lowest BCUT2D eigenvalue weighted by molar-refractivity contribution is 0.145. The number of rotatable bonds is 4. The summed E-state index contributed by atoms with van der Waals surface area (Å²) in [6.45, 7) is 2.34. The van der Waals surface area contributed by atoms with Gasteiger partial charge in [0.1, 0.15) is 0 Å². The van der Waals surface area contributed by atoms with E-state index in [1.54, 1.807) is 12.3 Å². The second-order valence-corrected chi connectivity index (χ2v) is 5.65. The van der Waals surface area contributed by atoms with Crippen molar-refractivity contribution in [1.82, 2.24) is 4.98 Å². The van der Waals surface area contributed by atoms with Gasteiger partial charge in [-0.2, -0.15) is 0 Å². The molecule has 5 nitrogen and oxygen atoms in total. The number of aromatic nitrogens is 1. The first-order valence-corrected chi connectivity index (χ1v) is 7.66. The van der Waals surface area contributed by atoms with E-state index >= 15 is 0 Å². The number of benzene rings is 1. The van der Waals surface area contributed by atoms with E-state index in [1.807, 2.05) is 24.3 Å². The third kappa shape index (κ3) is 3.49. The molecule has 0 atom stereocenters. The largest absolute Gasteiger partial charge is 0.393 e. The van der Waals surface area contributed by atoms with Gasteiger partial charge in [-0.15, -0.1) is 0 Å². The summed E-state index contributed by atoms with van der Waals surface area (Å²) in [5, 5.41) is 13.1. The number of hydrogen-bond donors (Lipinski definition) is 3. The second-order valence-electron chi connectivity index (χ2n) is 5.65. The molecule has 22 heavy (non-hydrogen) atoms. The monoisotopic (exact) mass is 299 g/mol. The number of hydrogen-bond acceptors (Lipinski definition) is 4. The number of pyridine rings is 1. The van der Waals surface area contributed by atoms with Gasteiger partial charge in [0.05, 0.1) is 17.5 Å². The molecule has 0 unspecified atom stereocenters.